The molecule has 0 aliphatic rings. The number of hydrogen-bond acceptors (Lipinski definition) is 7. The van der Waals surface area contributed by atoms with Gasteiger partial charge in [-0.15, -0.1) is 11.3 Å². The van der Waals surface area contributed by atoms with Crippen LogP contribution < -0.4 is 14.2 Å². The van der Waals surface area contributed by atoms with Gasteiger partial charge in [-0.1, -0.05) is 6.07 Å². The molecule has 0 fully saturated rings. The third-order valence-electron chi connectivity index (χ3n) is 3.77. The number of aromatic nitrogens is 1. The number of nitrogens with one attached hydrogen (secondary N) is 1. The SMILES string of the molecule is COc1ccc(OC[C@@H](O)CNS(=O)(=O)c2ccc(-c3ccccn3)s2)cc1. The molecule has 9 heteroatoms. The van der Waals surface area contributed by atoms with Crippen LogP contribution in [-0.4, -0.2) is 44.9 Å². The van der Waals surface area contributed by atoms with Crippen LogP contribution in [0.25, 0.3) is 10.6 Å². The highest BCUT2D eigenvalue weighted by Crippen LogP contribution is 2.29. The lowest BCUT2D eigenvalue weighted by Crippen LogP contribution is -2.35. The van der Waals surface area contributed by atoms with E-state index in [-0.39, 0.29) is 17.4 Å². The van der Waals surface area contributed by atoms with Crippen LogP contribution in [0.1, 0.15) is 0 Å². The summed E-state index contributed by atoms with van der Waals surface area (Å²) in [5.74, 6) is 1.25. The van der Waals surface area contributed by atoms with Gasteiger partial charge in [-0.25, -0.2) is 13.1 Å². The monoisotopic (exact) mass is 420 g/mol. The van der Waals surface area contributed by atoms with Gasteiger partial charge in [-0.2, -0.15) is 0 Å². The normalized spacial score (nSPS) is 12.5. The number of aliphatic hydroxyl groups excluding tert-OH is 1. The molecular formula is C19H20N2O5S2. The van der Waals surface area contributed by atoms with E-state index in [1.54, 1.807) is 49.7 Å². The summed E-state index contributed by atoms with van der Waals surface area (Å²) >= 11 is 1.12. The molecule has 0 radical (unpaired) electrons. The number of benzene rings is 1. The van der Waals surface area contributed by atoms with Crippen LogP contribution in [0.2, 0.25) is 0 Å². The van der Waals surface area contributed by atoms with Gasteiger partial charge >= 0.3 is 0 Å². The number of nitrogens with zero attached hydrogens (tertiary/aromatic N) is 1. The second-order valence-corrected chi connectivity index (χ2v) is 8.90. The first kappa shape index (κ1) is 20.3. The largest absolute Gasteiger partial charge is 0.497 e. The van der Waals surface area contributed by atoms with E-state index in [2.05, 4.69) is 9.71 Å². The molecule has 0 aliphatic heterocycles. The van der Waals surface area contributed by atoms with Crippen LogP contribution in [-0.2, 0) is 10.0 Å². The molecule has 0 aliphatic carbocycles. The molecule has 0 amide bonds. The summed E-state index contributed by atoms with van der Waals surface area (Å²) in [6.45, 7) is -0.201. The molecule has 1 atom stereocenters. The standard InChI is InChI=1S/C19H20N2O5S2/c1-25-15-5-7-16(8-6-15)26-13-14(22)12-21-28(23,24)19-10-9-18(27-19)17-4-2-3-11-20-17/h2-11,14,21-22H,12-13H2,1H3/t14-/m0/s1. The van der Waals surface area contributed by atoms with E-state index in [0.29, 0.717) is 17.2 Å². The fourth-order valence-corrected chi connectivity index (χ4v) is 4.71. The highest BCUT2D eigenvalue weighted by molar-refractivity contribution is 7.91. The Morgan fingerprint density at radius 1 is 1.11 bits per heavy atom. The van der Waals surface area contributed by atoms with Crippen molar-refractivity contribution in [1.29, 1.82) is 0 Å². The average Bonchev–Trinajstić information content (AvgIpc) is 3.23. The summed E-state index contributed by atoms with van der Waals surface area (Å²) < 4.78 is 38.0. The molecule has 28 heavy (non-hydrogen) atoms. The topological polar surface area (TPSA) is 97.7 Å². The molecule has 148 valence electrons. The Bertz CT molecular complexity index is 989. The van der Waals surface area contributed by atoms with E-state index in [9.17, 15) is 13.5 Å². The summed E-state index contributed by atoms with van der Waals surface area (Å²) in [5, 5.41) is 10.0. The quantitative estimate of drug-likeness (QED) is 0.552. The molecule has 0 bridgehead atoms. The zero-order chi connectivity index (χ0) is 20.0. The molecule has 1 aromatic carbocycles. The second-order valence-electron chi connectivity index (χ2n) is 5.83. The van der Waals surface area contributed by atoms with Crippen molar-refractivity contribution in [2.45, 2.75) is 10.3 Å². The lowest BCUT2D eigenvalue weighted by molar-refractivity contribution is 0.111. The molecule has 7 nitrogen and oxygen atoms in total. The van der Waals surface area contributed by atoms with Crippen LogP contribution in [0.15, 0.2) is 65.0 Å². The number of thiophene rings is 1. The fourth-order valence-electron chi connectivity index (χ4n) is 2.31. The Balaban J connectivity index is 1.53. The van der Waals surface area contributed by atoms with Crippen LogP contribution in [0.5, 0.6) is 11.5 Å². The molecule has 0 saturated heterocycles. The Labute approximate surface area is 167 Å². The summed E-state index contributed by atoms with van der Waals surface area (Å²) in [6.07, 6.45) is 0.660. The van der Waals surface area contributed by atoms with E-state index < -0.39 is 16.1 Å². The number of rotatable bonds is 9. The van der Waals surface area contributed by atoms with Gasteiger partial charge in [-0.05, 0) is 48.5 Å². The molecule has 0 unspecified atom stereocenters. The number of methoxy groups -OCH3 is 1. The van der Waals surface area contributed by atoms with Gasteiger partial charge in [0.25, 0.3) is 0 Å². The third-order valence-corrected chi connectivity index (χ3v) is 6.80. The first-order valence-electron chi connectivity index (χ1n) is 8.44. The van der Waals surface area contributed by atoms with Crippen molar-refractivity contribution in [2.75, 3.05) is 20.3 Å². The predicted octanol–water partition coefficient (Wildman–Crippen LogP) is 2.54. The Hall–Kier alpha value is -2.46. The van der Waals surface area contributed by atoms with Crippen LogP contribution in [0.4, 0.5) is 0 Å². The van der Waals surface area contributed by atoms with Crippen molar-refractivity contribution in [3.8, 4) is 22.1 Å². The van der Waals surface area contributed by atoms with E-state index in [1.807, 2.05) is 12.1 Å². The zero-order valence-corrected chi connectivity index (χ0v) is 16.7. The van der Waals surface area contributed by atoms with Gasteiger partial charge in [0, 0.05) is 12.7 Å². The maximum absolute atomic E-state index is 12.4. The molecule has 0 saturated carbocycles. The van der Waals surface area contributed by atoms with Gasteiger partial charge in [0.1, 0.15) is 28.4 Å². The molecule has 3 rings (SSSR count). The van der Waals surface area contributed by atoms with Crippen molar-refractivity contribution < 1.29 is 23.0 Å². The van der Waals surface area contributed by atoms with Crippen molar-refractivity contribution in [3.05, 3.63) is 60.8 Å². The Morgan fingerprint density at radius 3 is 2.54 bits per heavy atom. The molecule has 0 spiro atoms. The first-order chi connectivity index (χ1) is 13.5. The molecule has 2 heterocycles. The van der Waals surface area contributed by atoms with Gasteiger partial charge in [-0.3, -0.25) is 4.98 Å². The molecule has 2 N–H and O–H groups in total. The lowest BCUT2D eigenvalue weighted by atomic mass is 10.3. The maximum atomic E-state index is 12.4. The second kappa shape index (κ2) is 9.16. The Kier molecular flexibility index (Phi) is 6.63. The van der Waals surface area contributed by atoms with Crippen molar-refractivity contribution in [3.63, 3.8) is 0 Å². The van der Waals surface area contributed by atoms with Crippen LogP contribution >= 0.6 is 11.3 Å². The maximum Gasteiger partial charge on any atom is 0.250 e. The summed E-state index contributed by atoms with van der Waals surface area (Å²) in [6, 6.07) is 15.6. The highest BCUT2D eigenvalue weighted by Gasteiger charge is 2.19. The molecular weight excluding hydrogens is 400 g/mol. The minimum atomic E-state index is -3.73. The van der Waals surface area contributed by atoms with E-state index >= 15 is 0 Å². The summed E-state index contributed by atoms with van der Waals surface area (Å²) in [4.78, 5) is 4.97. The molecule has 3 aromatic rings. The number of aliphatic hydroxyl groups is 1. The van der Waals surface area contributed by atoms with E-state index in [1.165, 1.54) is 6.07 Å². The van der Waals surface area contributed by atoms with Gasteiger partial charge in [0.2, 0.25) is 10.0 Å². The first-order valence-corrected chi connectivity index (χ1v) is 10.7. The number of hydrogen-bond donors (Lipinski definition) is 2. The van der Waals surface area contributed by atoms with E-state index in [0.717, 1.165) is 16.2 Å². The van der Waals surface area contributed by atoms with Crippen molar-refractivity contribution in [2.24, 2.45) is 0 Å². The summed E-state index contributed by atoms with van der Waals surface area (Å²) in [7, 11) is -2.16. The van der Waals surface area contributed by atoms with E-state index in [4.69, 9.17) is 9.47 Å². The number of ether oxygens (including phenoxy) is 2. The number of sulfonamides is 1. The number of pyridine rings is 1. The zero-order valence-electron chi connectivity index (χ0n) is 15.1. The average molecular weight is 421 g/mol. The van der Waals surface area contributed by atoms with Crippen LogP contribution in [0, 0.1) is 0 Å². The smallest absolute Gasteiger partial charge is 0.250 e. The summed E-state index contributed by atoms with van der Waals surface area (Å²) in [5.41, 5.74) is 0.710. The molecule has 2 aromatic heterocycles. The van der Waals surface area contributed by atoms with Crippen molar-refractivity contribution in [1.82, 2.24) is 9.71 Å². The fraction of sp³-hybridized carbons (Fsp3) is 0.211. The highest BCUT2D eigenvalue weighted by atomic mass is 32.2. The predicted molar refractivity (Wildman–Crippen MR) is 107 cm³/mol. The van der Waals surface area contributed by atoms with Gasteiger partial charge in [0.15, 0.2) is 0 Å². The minimum absolute atomic E-state index is 0.0432. The van der Waals surface area contributed by atoms with Gasteiger partial charge < -0.3 is 14.6 Å². The van der Waals surface area contributed by atoms with Gasteiger partial charge in [0.05, 0.1) is 17.7 Å². The minimum Gasteiger partial charge on any atom is -0.497 e. The van der Waals surface area contributed by atoms with Crippen LogP contribution in [0.3, 0.4) is 0 Å². The van der Waals surface area contributed by atoms with Crippen molar-refractivity contribution >= 4 is 21.4 Å². The Morgan fingerprint density at radius 2 is 1.86 bits per heavy atom. The third kappa shape index (κ3) is 5.29. The lowest BCUT2D eigenvalue weighted by Gasteiger charge is -2.13.